The summed E-state index contributed by atoms with van der Waals surface area (Å²) >= 11 is 1.71. The van der Waals surface area contributed by atoms with Gasteiger partial charge in [0.15, 0.2) is 0 Å². The molecule has 0 bridgehead atoms. The number of ether oxygens (including phenoxy) is 1. The first-order valence-electron chi connectivity index (χ1n) is 5.79. The molecule has 2 aromatic carbocycles. The van der Waals surface area contributed by atoms with Crippen LogP contribution >= 0.6 is 11.8 Å². The van der Waals surface area contributed by atoms with Crippen molar-refractivity contribution in [1.29, 1.82) is 0 Å². The molecule has 0 aromatic heterocycles. The number of benzene rings is 2. The minimum atomic E-state index is -0.469. The molecule has 3 rings (SSSR count). The summed E-state index contributed by atoms with van der Waals surface area (Å²) in [6, 6.07) is 13.9. The molecule has 1 heterocycles. The van der Waals surface area contributed by atoms with Crippen molar-refractivity contribution in [3.63, 3.8) is 0 Å². The average molecular weight is 272 g/mol. The summed E-state index contributed by atoms with van der Waals surface area (Å²) in [5.41, 5.74) is 2.77. The lowest BCUT2D eigenvalue weighted by atomic mass is 10.2. The molecule has 1 aliphatic heterocycles. The SMILES string of the molecule is COC(=O)Nc1ccc2c(c1)Nc1ccccc1S2. The van der Waals surface area contributed by atoms with Crippen molar-refractivity contribution < 1.29 is 9.53 Å². The second-order valence-corrected chi connectivity index (χ2v) is 5.13. The molecule has 0 atom stereocenters. The molecule has 0 aliphatic carbocycles. The number of para-hydroxylation sites is 1. The third-order valence-corrected chi connectivity index (χ3v) is 3.94. The monoisotopic (exact) mass is 272 g/mol. The minimum Gasteiger partial charge on any atom is -0.453 e. The number of anilines is 3. The molecule has 0 saturated carbocycles. The molecule has 19 heavy (non-hydrogen) atoms. The lowest BCUT2D eigenvalue weighted by Crippen LogP contribution is -2.11. The highest BCUT2D eigenvalue weighted by atomic mass is 32.2. The molecule has 0 fully saturated rings. The molecule has 2 N–H and O–H groups in total. The zero-order valence-electron chi connectivity index (χ0n) is 10.3. The molecule has 0 saturated heterocycles. The predicted octanol–water partition coefficient (Wildman–Crippen LogP) is 4.07. The Balaban J connectivity index is 1.90. The summed E-state index contributed by atoms with van der Waals surface area (Å²) in [5, 5.41) is 6.01. The van der Waals surface area contributed by atoms with Gasteiger partial charge in [0.2, 0.25) is 0 Å². The molecule has 96 valence electrons. The number of hydrogen-bond donors (Lipinski definition) is 2. The topological polar surface area (TPSA) is 50.4 Å². The number of methoxy groups -OCH3 is 1. The van der Waals surface area contributed by atoms with Crippen LogP contribution in [0.5, 0.6) is 0 Å². The number of rotatable bonds is 1. The van der Waals surface area contributed by atoms with Gasteiger partial charge < -0.3 is 10.1 Å². The van der Waals surface area contributed by atoms with Gasteiger partial charge >= 0.3 is 6.09 Å². The number of hydrogen-bond acceptors (Lipinski definition) is 4. The van der Waals surface area contributed by atoms with Gasteiger partial charge in [-0.3, -0.25) is 5.32 Å². The fourth-order valence-electron chi connectivity index (χ4n) is 1.89. The summed E-state index contributed by atoms with van der Waals surface area (Å²) in [5.74, 6) is 0. The third kappa shape index (κ3) is 2.37. The van der Waals surface area contributed by atoms with Crippen LogP contribution in [-0.2, 0) is 4.74 Å². The van der Waals surface area contributed by atoms with E-state index in [1.807, 2.05) is 36.4 Å². The van der Waals surface area contributed by atoms with E-state index in [9.17, 15) is 4.79 Å². The molecule has 5 heteroatoms. The Labute approximate surface area is 115 Å². The van der Waals surface area contributed by atoms with Gasteiger partial charge in [-0.2, -0.15) is 0 Å². The normalized spacial score (nSPS) is 11.8. The lowest BCUT2D eigenvalue weighted by Gasteiger charge is -2.21. The third-order valence-electron chi connectivity index (χ3n) is 2.79. The number of carbonyl (C=O) groups is 1. The summed E-state index contributed by atoms with van der Waals surface area (Å²) in [7, 11) is 1.35. The first kappa shape index (κ1) is 11.9. The molecular formula is C14H12N2O2S. The molecule has 0 radical (unpaired) electrons. The van der Waals surface area contributed by atoms with Gasteiger partial charge in [0.1, 0.15) is 0 Å². The summed E-state index contributed by atoms with van der Waals surface area (Å²) in [4.78, 5) is 13.5. The molecule has 0 unspecified atom stereocenters. The Kier molecular flexibility index (Phi) is 3.05. The van der Waals surface area contributed by atoms with Crippen molar-refractivity contribution in [3.05, 3.63) is 42.5 Å². The zero-order chi connectivity index (χ0) is 13.2. The van der Waals surface area contributed by atoms with E-state index >= 15 is 0 Å². The van der Waals surface area contributed by atoms with Crippen LogP contribution in [0.1, 0.15) is 0 Å². The molecule has 2 aromatic rings. The quantitative estimate of drug-likeness (QED) is 0.701. The highest BCUT2D eigenvalue weighted by molar-refractivity contribution is 7.99. The van der Waals surface area contributed by atoms with Crippen molar-refractivity contribution in [3.8, 4) is 0 Å². The van der Waals surface area contributed by atoms with Crippen molar-refractivity contribution in [2.24, 2.45) is 0 Å². The van der Waals surface area contributed by atoms with E-state index in [-0.39, 0.29) is 0 Å². The van der Waals surface area contributed by atoms with Gasteiger partial charge in [0.05, 0.1) is 18.5 Å². The van der Waals surface area contributed by atoms with Crippen LogP contribution in [0.15, 0.2) is 52.3 Å². The number of fused-ring (bicyclic) bond motifs is 2. The Morgan fingerprint density at radius 3 is 2.79 bits per heavy atom. The van der Waals surface area contributed by atoms with E-state index in [0.717, 1.165) is 16.3 Å². The van der Waals surface area contributed by atoms with E-state index < -0.39 is 6.09 Å². The Bertz CT molecular complexity index is 643. The van der Waals surface area contributed by atoms with Crippen LogP contribution in [0.4, 0.5) is 21.9 Å². The van der Waals surface area contributed by atoms with Crippen molar-refractivity contribution in [2.45, 2.75) is 9.79 Å². The Morgan fingerprint density at radius 2 is 1.95 bits per heavy atom. The van der Waals surface area contributed by atoms with Crippen molar-refractivity contribution in [1.82, 2.24) is 0 Å². The van der Waals surface area contributed by atoms with Crippen LogP contribution in [0.2, 0.25) is 0 Å². The Morgan fingerprint density at radius 1 is 1.16 bits per heavy atom. The van der Waals surface area contributed by atoms with Gasteiger partial charge in [-0.15, -0.1) is 0 Å². The second kappa shape index (κ2) is 4.85. The van der Waals surface area contributed by atoms with Gasteiger partial charge in [-0.1, -0.05) is 23.9 Å². The van der Waals surface area contributed by atoms with Crippen LogP contribution in [0, 0.1) is 0 Å². The summed E-state index contributed by atoms with van der Waals surface area (Å²) in [6.45, 7) is 0. The van der Waals surface area contributed by atoms with Crippen LogP contribution in [0.3, 0.4) is 0 Å². The lowest BCUT2D eigenvalue weighted by molar-refractivity contribution is 0.187. The Hall–Kier alpha value is -2.14. The second-order valence-electron chi connectivity index (χ2n) is 4.05. The largest absolute Gasteiger partial charge is 0.453 e. The van der Waals surface area contributed by atoms with Gasteiger partial charge in [-0.05, 0) is 30.3 Å². The van der Waals surface area contributed by atoms with Crippen LogP contribution < -0.4 is 10.6 Å². The summed E-state index contributed by atoms with van der Waals surface area (Å²) in [6.07, 6.45) is -0.469. The maximum Gasteiger partial charge on any atom is 0.411 e. The maximum absolute atomic E-state index is 11.2. The highest BCUT2D eigenvalue weighted by Crippen LogP contribution is 2.44. The van der Waals surface area contributed by atoms with Crippen molar-refractivity contribution in [2.75, 3.05) is 17.7 Å². The first-order chi connectivity index (χ1) is 9.26. The van der Waals surface area contributed by atoms with E-state index in [2.05, 4.69) is 21.4 Å². The summed E-state index contributed by atoms with van der Waals surface area (Å²) < 4.78 is 4.58. The van der Waals surface area contributed by atoms with E-state index in [1.54, 1.807) is 11.8 Å². The van der Waals surface area contributed by atoms with E-state index in [0.29, 0.717) is 5.69 Å². The van der Waals surface area contributed by atoms with Crippen LogP contribution in [-0.4, -0.2) is 13.2 Å². The molecule has 4 nitrogen and oxygen atoms in total. The standard InChI is InChI=1S/C14H12N2O2S/c1-18-14(17)15-9-6-7-13-11(8-9)16-10-4-2-3-5-12(10)19-13/h2-8,16H,1H3,(H,15,17). The van der Waals surface area contributed by atoms with Crippen LogP contribution in [0.25, 0.3) is 0 Å². The predicted molar refractivity (Wildman–Crippen MR) is 76.3 cm³/mol. The highest BCUT2D eigenvalue weighted by Gasteiger charge is 2.15. The molecule has 0 spiro atoms. The van der Waals surface area contributed by atoms with E-state index in [4.69, 9.17) is 0 Å². The fourth-order valence-corrected chi connectivity index (χ4v) is 2.85. The van der Waals surface area contributed by atoms with Crippen molar-refractivity contribution >= 4 is 34.9 Å². The molecule has 1 aliphatic rings. The number of nitrogens with one attached hydrogen (secondary N) is 2. The van der Waals surface area contributed by atoms with Gasteiger partial charge in [0.25, 0.3) is 0 Å². The maximum atomic E-state index is 11.2. The zero-order valence-corrected chi connectivity index (χ0v) is 11.1. The molecule has 1 amide bonds. The first-order valence-corrected chi connectivity index (χ1v) is 6.61. The molecular weight excluding hydrogens is 260 g/mol. The number of carbonyl (C=O) groups excluding carboxylic acids is 1. The fraction of sp³-hybridized carbons (Fsp3) is 0.0714. The van der Waals surface area contributed by atoms with Gasteiger partial charge in [-0.25, -0.2) is 4.79 Å². The average Bonchev–Trinajstić information content (AvgIpc) is 2.45. The number of amides is 1. The smallest absolute Gasteiger partial charge is 0.411 e. The van der Waals surface area contributed by atoms with E-state index in [1.165, 1.54) is 12.0 Å². The minimum absolute atomic E-state index is 0.469. The van der Waals surface area contributed by atoms with Gasteiger partial charge in [0, 0.05) is 15.5 Å².